The van der Waals surface area contributed by atoms with E-state index in [1.54, 1.807) is 0 Å². The van der Waals surface area contributed by atoms with Gasteiger partial charge in [-0.05, 0) is 49.5 Å². The number of thiazole rings is 1. The highest BCUT2D eigenvalue weighted by atomic mass is 32.1. The lowest BCUT2D eigenvalue weighted by molar-refractivity contribution is -0.141. The summed E-state index contributed by atoms with van der Waals surface area (Å²) in [5.41, 5.74) is 2.16. The first-order valence-electron chi connectivity index (χ1n) is 9.02. The number of rotatable bonds is 6. The molecule has 1 aliphatic rings. The largest absolute Gasteiger partial charge is 0.469 e. The molecule has 1 aromatic heterocycles. The molecule has 0 atom stereocenters. The molecule has 1 N–H and O–H groups in total. The molecule has 2 heterocycles. The van der Waals surface area contributed by atoms with Crippen molar-refractivity contribution in [3.63, 3.8) is 0 Å². The fourth-order valence-electron chi connectivity index (χ4n) is 3.10. The van der Waals surface area contributed by atoms with Gasteiger partial charge in [0.15, 0.2) is 5.13 Å². The van der Waals surface area contributed by atoms with Crippen LogP contribution in [0.15, 0.2) is 18.2 Å². The van der Waals surface area contributed by atoms with E-state index in [0.29, 0.717) is 5.13 Å². The molecular weight excluding hydrogens is 350 g/mol. The van der Waals surface area contributed by atoms with Crippen LogP contribution in [0.5, 0.6) is 0 Å². The highest BCUT2D eigenvalue weighted by Crippen LogP contribution is 2.28. The second kappa shape index (κ2) is 8.60. The van der Waals surface area contributed by atoms with Crippen molar-refractivity contribution in [2.24, 2.45) is 5.92 Å². The van der Waals surface area contributed by atoms with Gasteiger partial charge in [0.05, 0.1) is 23.7 Å². The standard InChI is InChI=1S/C19H25N3O3S/c1-13-7-9-22(10-8-13)12-14-3-4-15-16(11-14)26-19(20-15)21-17(23)5-6-18(24)25-2/h3-4,11,13H,5-10,12H2,1-2H3,(H,20,21,23). The molecule has 0 radical (unpaired) electrons. The van der Waals surface area contributed by atoms with Gasteiger partial charge in [-0.1, -0.05) is 24.3 Å². The molecule has 0 bridgehead atoms. The number of nitrogens with zero attached hydrogens (tertiary/aromatic N) is 2. The molecule has 0 spiro atoms. The molecule has 26 heavy (non-hydrogen) atoms. The average Bonchev–Trinajstić information content (AvgIpc) is 3.03. The van der Waals surface area contributed by atoms with Crippen LogP contribution >= 0.6 is 11.3 Å². The Bertz CT molecular complexity index is 781. The number of fused-ring (bicyclic) bond motifs is 1. The van der Waals surface area contributed by atoms with E-state index >= 15 is 0 Å². The predicted molar refractivity (Wildman–Crippen MR) is 103 cm³/mol. The Morgan fingerprint density at radius 2 is 2.08 bits per heavy atom. The van der Waals surface area contributed by atoms with Crippen LogP contribution in [0, 0.1) is 5.92 Å². The summed E-state index contributed by atoms with van der Waals surface area (Å²) < 4.78 is 5.61. The molecule has 140 valence electrons. The molecule has 1 amide bonds. The maximum absolute atomic E-state index is 11.9. The lowest BCUT2D eigenvalue weighted by Gasteiger charge is -2.30. The van der Waals surface area contributed by atoms with Crippen molar-refractivity contribution in [1.29, 1.82) is 0 Å². The second-order valence-corrected chi connectivity index (χ2v) is 7.93. The summed E-state index contributed by atoms with van der Waals surface area (Å²) in [7, 11) is 1.32. The molecule has 1 fully saturated rings. The number of amides is 1. The Morgan fingerprint density at radius 1 is 1.31 bits per heavy atom. The lowest BCUT2D eigenvalue weighted by atomic mass is 9.99. The van der Waals surface area contributed by atoms with Crippen molar-refractivity contribution < 1.29 is 14.3 Å². The fraction of sp³-hybridized carbons (Fsp3) is 0.526. The minimum atomic E-state index is -0.388. The zero-order valence-corrected chi connectivity index (χ0v) is 16.1. The van der Waals surface area contributed by atoms with Crippen LogP contribution in [0.25, 0.3) is 10.2 Å². The van der Waals surface area contributed by atoms with Gasteiger partial charge in [0.25, 0.3) is 0 Å². The summed E-state index contributed by atoms with van der Waals surface area (Å²) in [6.07, 6.45) is 2.71. The first-order valence-corrected chi connectivity index (χ1v) is 9.83. The molecule has 0 aliphatic carbocycles. The SMILES string of the molecule is COC(=O)CCC(=O)Nc1nc2ccc(CN3CCC(C)CC3)cc2s1. The van der Waals surface area contributed by atoms with Crippen molar-refractivity contribution >= 4 is 38.6 Å². The number of esters is 1. The number of likely N-dealkylation sites (tertiary alicyclic amines) is 1. The maximum atomic E-state index is 11.9. The van der Waals surface area contributed by atoms with Crippen LogP contribution < -0.4 is 5.32 Å². The van der Waals surface area contributed by atoms with E-state index in [2.05, 4.69) is 39.0 Å². The number of aromatic nitrogens is 1. The maximum Gasteiger partial charge on any atom is 0.306 e. The highest BCUT2D eigenvalue weighted by Gasteiger charge is 2.16. The number of piperidine rings is 1. The van der Waals surface area contributed by atoms with Gasteiger partial charge in [0.1, 0.15) is 0 Å². The van der Waals surface area contributed by atoms with Gasteiger partial charge in [0, 0.05) is 13.0 Å². The Balaban J connectivity index is 1.60. The average molecular weight is 375 g/mol. The van der Waals surface area contributed by atoms with Crippen molar-refractivity contribution in [1.82, 2.24) is 9.88 Å². The number of carbonyl (C=O) groups is 2. The molecule has 6 nitrogen and oxygen atoms in total. The fourth-order valence-corrected chi connectivity index (χ4v) is 4.04. The van der Waals surface area contributed by atoms with E-state index < -0.39 is 0 Å². The van der Waals surface area contributed by atoms with Gasteiger partial charge in [0.2, 0.25) is 5.91 Å². The minimum absolute atomic E-state index is 0.0752. The molecule has 0 unspecified atom stereocenters. The number of hydrogen-bond acceptors (Lipinski definition) is 6. The normalized spacial score (nSPS) is 15.9. The quantitative estimate of drug-likeness (QED) is 0.784. The molecule has 1 aromatic carbocycles. The summed E-state index contributed by atoms with van der Waals surface area (Å²) in [6, 6.07) is 6.29. The van der Waals surface area contributed by atoms with Crippen LogP contribution in [-0.4, -0.2) is 42.0 Å². The van der Waals surface area contributed by atoms with Crippen LogP contribution in [0.4, 0.5) is 5.13 Å². The Labute approximate surface area is 157 Å². The molecule has 0 saturated carbocycles. The summed E-state index contributed by atoms with van der Waals surface area (Å²) in [6.45, 7) is 5.59. The van der Waals surface area contributed by atoms with Crippen LogP contribution in [0.3, 0.4) is 0 Å². The Hall–Kier alpha value is -1.99. The van der Waals surface area contributed by atoms with Gasteiger partial charge in [-0.15, -0.1) is 0 Å². The van der Waals surface area contributed by atoms with Gasteiger partial charge in [-0.25, -0.2) is 4.98 Å². The molecule has 3 rings (SSSR count). The zero-order chi connectivity index (χ0) is 18.5. The molecule has 1 saturated heterocycles. The number of carbonyl (C=O) groups excluding carboxylic acids is 2. The van der Waals surface area contributed by atoms with E-state index in [1.165, 1.54) is 36.9 Å². The van der Waals surface area contributed by atoms with Crippen molar-refractivity contribution in [2.75, 3.05) is 25.5 Å². The lowest BCUT2D eigenvalue weighted by Crippen LogP contribution is -2.32. The number of ether oxygens (including phenoxy) is 1. The van der Waals surface area contributed by atoms with Gasteiger partial charge >= 0.3 is 5.97 Å². The highest BCUT2D eigenvalue weighted by molar-refractivity contribution is 7.22. The Kier molecular flexibility index (Phi) is 6.21. The summed E-state index contributed by atoms with van der Waals surface area (Å²) in [5, 5.41) is 3.34. The first kappa shape index (κ1) is 18.8. The monoisotopic (exact) mass is 375 g/mol. The first-order chi connectivity index (χ1) is 12.5. The topological polar surface area (TPSA) is 71.5 Å². The van der Waals surface area contributed by atoms with E-state index in [4.69, 9.17) is 0 Å². The summed E-state index contributed by atoms with van der Waals surface area (Å²) in [5.74, 6) is 0.221. The molecule has 1 aliphatic heterocycles. The van der Waals surface area contributed by atoms with Crippen LogP contribution in [-0.2, 0) is 20.9 Å². The van der Waals surface area contributed by atoms with Crippen LogP contribution in [0.1, 0.15) is 38.2 Å². The number of anilines is 1. The summed E-state index contributed by atoms with van der Waals surface area (Å²) >= 11 is 1.46. The van der Waals surface area contributed by atoms with E-state index in [-0.39, 0.29) is 24.7 Å². The number of benzene rings is 1. The van der Waals surface area contributed by atoms with Gasteiger partial charge < -0.3 is 10.1 Å². The zero-order valence-electron chi connectivity index (χ0n) is 15.3. The van der Waals surface area contributed by atoms with Crippen molar-refractivity contribution in [3.8, 4) is 0 Å². The van der Waals surface area contributed by atoms with E-state index in [0.717, 1.165) is 35.8 Å². The predicted octanol–water partition coefficient (Wildman–Crippen LogP) is 3.42. The Morgan fingerprint density at radius 3 is 2.81 bits per heavy atom. The molecule has 7 heteroatoms. The number of hydrogen-bond donors (Lipinski definition) is 1. The van der Waals surface area contributed by atoms with Crippen LogP contribution in [0.2, 0.25) is 0 Å². The third kappa shape index (κ3) is 5.02. The van der Waals surface area contributed by atoms with E-state index in [9.17, 15) is 9.59 Å². The minimum Gasteiger partial charge on any atom is -0.469 e. The van der Waals surface area contributed by atoms with Crippen molar-refractivity contribution in [2.45, 2.75) is 39.2 Å². The van der Waals surface area contributed by atoms with Gasteiger partial charge in [-0.3, -0.25) is 14.5 Å². The molecule has 2 aromatic rings. The summed E-state index contributed by atoms with van der Waals surface area (Å²) in [4.78, 5) is 30.0. The number of methoxy groups -OCH3 is 1. The molecular formula is C19H25N3O3S. The second-order valence-electron chi connectivity index (χ2n) is 6.90. The van der Waals surface area contributed by atoms with E-state index in [1.807, 2.05) is 6.07 Å². The third-order valence-electron chi connectivity index (χ3n) is 4.77. The van der Waals surface area contributed by atoms with Gasteiger partial charge in [-0.2, -0.15) is 0 Å². The van der Waals surface area contributed by atoms with Crippen molar-refractivity contribution in [3.05, 3.63) is 23.8 Å². The number of nitrogens with one attached hydrogen (secondary N) is 1. The third-order valence-corrected chi connectivity index (χ3v) is 5.70. The smallest absolute Gasteiger partial charge is 0.306 e.